The molecule has 4 aromatic rings. The third-order valence-corrected chi connectivity index (χ3v) is 5.22. The lowest BCUT2D eigenvalue weighted by molar-refractivity contribution is 0.681. The summed E-state index contributed by atoms with van der Waals surface area (Å²) in [6, 6.07) is 16.1. The van der Waals surface area contributed by atoms with Gasteiger partial charge in [-0.05, 0) is 23.8 Å². The maximum Gasteiger partial charge on any atom is 0.337 e. The van der Waals surface area contributed by atoms with Gasteiger partial charge < -0.3 is 4.98 Å². The molecule has 8 heteroatoms. The summed E-state index contributed by atoms with van der Waals surface area (Å²) in [5.74, 6) is 0. The van der Waals surface area contributed by atoms with Gasteiger partial charge in [-0.1, -0.05) is 36.4 Å². The smallest absolute Gasteiger partial charge is 0.337 e. The minimum Gasteiger partial charge on any atom is -0.339 e. The first kappa shape index (κ1) is 17.2. The minimum absolute atomic E-state index is 0.146. The van der Waals surface area contributed by atoms with E-state index in [0.29, 0.717) is 10.6 Å². The van der Waals surface area contributed by atoms with Crippen LogP contribution in [-0.4, -0.2) is 29.6 Å². The number of rotatable bonds is 4. The molecule has 4 rings (SSSR count). The fourth-order valence-electron chi connectivity index (χ4n) is 2.99. The van der Waals surface area contributed by atoms with Gasteiger partial charge in [-0.25, -0.2) is 14.3 Å². The lowest BCUT2D eigenvalue weighted by atomic mass is 10.2. The zero-order chi connectivity index (χ0) is 19.0. The van der Waals surface area contributed by atoms with Gasteiger partial charge in [0.1, 0.15) is 5.52 Å². The summed E-state index contributed by atoms with van der Waals surface area (Å²) in [6.45, 7) is 0.146. The van der Waals surface area contributed by atoms with E-state index in [1.165, 1.54) is 15.5 Å². The number of fused-ring (bicyclic) bond motifs is 1. The van der Waals surface area contributed by atoms with Crippen LogP contribution in [0.3, 0.4) is 0 Å². The molecule has 0 amide bonds. The number of aromatic amines is 1. The number of hydrogen-bond donors (Lipinski definition) is 1. The highest BCUT2D eigenvalue weighted by Gasteiger charge is 2.17. The summed E-state index contributed by atoms with van der Waals surface area (Å²) in [5.41, 5.74) is 0.907. The molecule has 0 aliphatic heterocycles. The van der Waals surface area contributed by atoms with Crippen LogP contribution in [0, 0.1) is 0 Å². The van der Waals surface area contributed by atoms with Gasteiger partial charge in [0.05, 0.1) is 18.6 Å². The molecule has 0 saturated carbocycles. The van der Waals surface area contributed by atoms with Crippen LogP contribution in [0.25, 0.3) is 16.9 Å². The van der Waals surface area contributed by atoms with Gasteiger partial charge in [-0.2, -0.15) is 0 Å². The summed E-state index contributed by atoms with van der Waals surface area (Å²) in [5, 5.41) is 0. The van der Waals surface area contributed by atoms with E-state index in [9.17, 15) is 13.8 Å². The number of nitrogens with one attached hydrogen (secondary N) is 1. The van der Waals surface area contributed by atoms with E-state index in [0.717, 1.165) is 5.56 Å². The van der Waals surface area contributed by atoms with Crippen molar-refractivity contribution < 1.29 is 4.21 Å². The molecule has 136 valence electrons. The molecule has 1 N–H and O–H groups in total. The first-order chi connectivity index (χ1) is 13.1. The molecule has 0 radical (unpaired) electrons. The van der Waals surface area contributed by atoms with E-state index < -0.39 is 22.0 Å². The fraction of sp³-hybridized carbons (Fsp3) is 0.105. The Morgan fingerprint density at radius 2 is 1.85 bits per heavy atom. The Bertz CT molecular complexity index is 1270. The highest BCUT2D eigenvalue weighted by Crippen LogP contribution is 2.15. The highest BCUT2D eigenvalue weighted by molar-refractivity contribution is 7.84. The second-order valence-corrected chi connectivity index (χ2v) is 7.43. The third-order valence-electron chi connectivity index (χ3n) is 4.30. The molecule has 0 bridgehead atoms. The molecule has 2 heterocycles. The van der Waals surface area contributed by atoms with Gasteiger partial charge in [0, 0.05) is 22.0 Å². The molecular formula is C19H16N4O3S. The molecule has 0 saturated heterocycles. The van der Waals surface area contributed by atoms with Gasteiger partial charge in [0.2, 0.25) is 0 Å². The number of benzene rings is 2. The number of aromatic nitrogens is 4. The quantitative estimate of drug-likeness (QED) is 0.583. The molecule has 2 aromatic carbocycles. The number of hydrogen-bond acceptors (Lipinski definition) is 4. The lowest BCUT2D eigenvalue weighted by Gasteiger charge is -2.12. The van der Waals surface area contributed by atoms with Crippen molar-refractivity contribution in [3.8, 4) is 5.69 Å². The Balaban J connectivity index is 2.00. The summed E-state index contributed by atoms with van der Waals surface area (Å²) >= 11 is 0. The second-order valence-electron chi connectivity index (χ2n) is 6.05. The average Bonchev–Trinajstić information content (AvgIpc) is 3.16. The lowest BCUT2D eigenvalue weighted by Crippen LogP contribution is -2.39. The van der Waals surface area contributed by atoms with Crippen LogP contribution in [-0.2, 0) is 17.3 Å². The topological polar surface area (TPSA) is 89.8 Å². The first-order valence-corrected chi connectivity index (χ1v) is 9.79. The van der Waals surface area contributed by atoms with Gasteiger partial charge in [0.25, 0.3) is 5.56 Å². The zero-order valence-corrected chi connectivity index (χ0v) is 15.3. The number of nitrogens with zero attached hydrogens (tertiary/aromatic N) is 3. The van der Waals surface area contributed by atoms with Crippen molar-refractivity contribution >= 4 is 22.0 Å². The van der Waals surface area contributed by atoms with Crippen molar-refractivity contribution in [2.75, 3.05) is 6.26 Å². The molecule has 2 aromatic heterocycles. The molecule has 0 aliphatic rings. The molecular weight excluding hydrogens is 364 g/mol. The predicted octanol–water partition coefficient (Wildman–Crippen LogP) is 1.66. The third kappa shape index (κ3) is 3.04. The maximum absolute atomic E-state index is 13.2. The van der Waals surface area contributed by atoms with Gasteiger partial charge in [-0.15, -0.1) is 0 Å². The number of imidazole rings is 1. The Labute approximate surface area is 156 Å². The molecule has 0 aliphatic carbocycles. The predicted molar refractivity (Wildman–Crippen MR) is 104 cm³/mol. The minimum atomic E-state index is -1.20. The van der Waals surface area contributed by atoms with Crippen LogP contribution >= 0.6 is 0 Å². The van der Waals surface area contributed by atoms with E-state index in [1.54, 1.807) is 30.5 Å². The second kappa shape index (κ2) is 6.81. The summed E-state index contributed by atoms with van der Waals surface area (Å²) in [4.78, 5) is 33.6. The van der Waals surface area contributed by atoms with Crippen LogP contribution in [0.15, 0.2) is 75.4 Å². The fourth-order valence-corrected chi connectivity index (χ4v) is 3.54. The molecule has 1 atom stereocenters. The summed E-state index contributed by atoms with van der Waals surface area (Å²) in [6.07, 6.45) is 2.96. The average molecular weight is 380 g/mol. The van der Waals surface area contributed by atoms with Crippen LogP contribution in [0.4, 0.5) is 0 Å². The Hall–Kier alpha value is -3.26. The van der Waals surface area contributed by atoms with Crippen molar-refractivity contribution in [3.05, 3.63) is 87.3 Å². The zero-order valence-electron chi connectivity index (χ0n) is 14.5. The normalized spacial score (nSPS) is 12.3. The van der Waals surface area contributed by atoms with E-state index in [2.05, 4.69) is 9.97 Å². The van der Waals surface area contributed by atoms with E-state index in [-0.39, 0.29) is 17.7 Å². The first-order valence-electron chi connectivity index (χ1n) is 8.23. The maximum atomic E-state index is 13.2. The molecule has 0 fully saturated rings. The van der Waals surface area contributed by atoms with Crippen LogP contribution in [0.5, 0.6) is 0 Å². The van der Waals surface area contributed by atoms with Crippen molar-refractivity contribution in [3.63, 3.8) is 0 Å². The summed E-state index contributed by atoms with van der Waals surface area (Å²) < 4.78 is 14.4. The van der Waals surface area contributed by atoms with E-state index >= 15 is 0 Å². The summed E-state index contributed by atoms with van der Waals surface area (Å²) in [7, 11) is -1.20. The van der Waals surface area contributed by atoms with Crippen molar-refractivity contribution in [1.29, 1.82) is 0 Å². The Morgan fingerprint density at radius 3 is 2.59 bits per heavy atom. The largest absolute Gasteiger partial charge is 0.339 e. The Morgan fingerprint density at radius 1 is 1.07 bits per heavy atom. The molecule has 27 heavy (non-hydrogen) atoms. The standard InChI is InChI=1S/C19H16N4O3S/c1-27(26)15-9-5-8-14(10-15)23-17-16(20-12-21-17)18(24)22(19(23)25)11-13-6-3-2-4-7-13/h2-10,12H,11H2,1H3,(H,20,21)/t27-/m1/s1. The van der Waals surface area contributed by atoms with Gasteiger partial charge >= 0.3 is 5.69 Å². The van der Waals surface area contributed by atoms with Crippen LogP contribution < -0.4 is 11.2 Å². The van der Waals surface area contributed by atoms with Crippen molar-refractivity contribution in [2.45, 2.75) is 11.4 Å². The Kier molecular flexibility index (Phi) is 4.33. The monoisotopic (exact) mass is 380 g/mol. The van der Waals surface area contributed by atoms with Crippen molar-refractivity contribution in [2.24, 2.45) is 0 Å². The SMILES string of the molecule is C[S@@](=O)c1cccc(-n2c(=O)n(Cc3ccccc3)c(=O)c3[nH]cnc32)c1. The number of H-pyrrole nitrogens is 1. The molecule has 0 spiro atoms. The van der Waals surface area contributed by atoms with Crippen LogP contribution in [0.1, 0.15) is 5.56 Å². The van der Waals surface area contributed by atoms with Gasteiger partial charge in [-0.3, -0.25) is 13.6 Å². The van der Waals surface area contributed by atoms with Crippen molar-refractivity contribution in [1.82, 2.24) is 19.1 Å². The van der Waals surface area contributed by atoms with E-state index in [1.807, 2.05) is 30.3 Å². The highest BCUT2D eigenvalue weighted by atomic mass is 32.2. The van der Waals surface area contributed by atoms with Gasteiger partial charge in [0.15, 0.2) is 5.65 Å². The molecule has 0 unspecified atom stereocenters. The molecule has 7 nitrogen and oxygen atoms in total. The van der Waals surface area contributed by atoms with Crippen LogP contribution in [0.2, 0.25) is 0 Å². The van der Waals surface area contributed by atoms with E-state index in [4.69, 9.17) is 0 Å².